The summed E-state index contributed by atoms with van der Waals surface area (Å²) < 4.78 is 26.1. The number of rotatable bonds is 2. The normalized spacial score (nSPS) is 23.8. The lowest BCUT2D eigenvalue weighted by Crippen LogP contribution is -2.50. The van der Waals surface area contributed by atoms with Crippen molar-refractivity contribution < 1.29 is 18.7 Å². The third-order valence-corrected chi connectivity index (χ3v) is 3.99. The third-order valence-electron chi connectivity index (χ3n) is 3.99. The molecule has 21 heavy (non-hydrogen) atoms. The quantitative estimate of drug-likeness (QED) is 0.881. The van der Waals surface area contributed by atoms with Crippen molar-refractivity contribution in [3.63, 3.8) is 0 Å². The molecular weight excluding hydrogens is 278 g/mol. The number of urea groups is 1. The van der Waals surface area contributed by atoms with E-state index in [1.807, 2.05) is 6.92 Å². The van der Waals surface area contributed by atoms with Crippen molar-refractivity contribution in [3.05, 3.63) is 35.4 Å². The lowest BCUT2D eigenvalue weighted by molar-refractivity contribution is 0.0431. The summed E-state index contributed by atoms with van der Waals surface area (Å²) in [5.74, 6) is -1.67. The van der Waals surface area contributed by atoms with Gasteiger partial charge >= 0.3 is 6.03 Å². The zero-order chi connectivity index (χ0) is 15.6. The molecule has 6 heteroatoms. The van der Waals surface area contributed by atoms with E-state index in [2.05, 4.69) is 5.32 Å². The van der Waals surface area contributed by atoms with Crippen molar-refractivity contribution in [2.24, 2.45) is 5.92 Å². The van der Waals surface area contributed by atoms with Gasteiger partial charge in [0.05, 0.1) is 12.1 Å². The molecule has 1 aromatic carbocycles. The molecule has 1 aromatic rings. The molecule has 2 N–H and O–H groups in total. The second kappa shape index (κ2) is 6.39. The number of nitrogens with zero attached hydrogens (tertiary/aromatic N) is 1. The van der Waals surface area contributed by atoms with Crippen LogP contribution in [0.3, 0.4) is 0 Å². The number of hydrogen-bond acceptors (Lipinski definition) is 2. The largest absolute Gasteiger partial charge is 0.391 e. The van der Waals surface area contributed by atoms with Gasteiger partial charge in [-0.2, -0.15) is 0 Å². The molecule has 0 aliphatic carbocycles. The van der Waals surface area contributed by atoms with Crippen LogP contribution in [0.25, 0.3) is 0 Å². The summed E-state index contributed by atoms with van der Waals surface area (Å²) in [4.78, 5) is 13.7. The number of likely N-dealkylation sites (tertiary alicyclic amines) is 1. The molecule has 1 heterocycles. The number of aliphatic hydroxyl groups is 1. The van der Waals surface area contributed by atoms with E-state index in [1.54, 1.807) is 11.8 Å². The molecule has 0 bridgehead atoms. The predicted octanol–water partition coefficient (Wildman–Crippen LogP) is 2.44. The number of carbonyl (C=O) groups excluding carboxylic acids is 1. The Morgan fingerprint density at radius 2 is 2.14 bits per heavy atom. The van der Waals surface area contributed by atoms with Crippen molar-refractivity contribution in [1.82, 2.24) is 10.2 Å². The topological polar surface area (TPSA) is 52.6 Å². The van der Waals surface area contributed by atoms with E-state index in [0.29, 0.717) is 12.1 Å². The van der Waals surface area contributed by atoms with Crippen LogP contribution in [0.15, 0.2) is 18.2 Å². The number of halogens is 2. The Labute approximate surface area is 122 Å². The second-order valence-electron chi connectivity index (χ2n) is 5.62. The maximum atomic E-state index is 13.2. The van der Waals surface area contributed by atoms with E-state index < -0.39 is 23.8 Å². The first kappa shape index (κ1) is 15.7. The van der Waals surface area contributed by atoms with E-state index in [0.717, 1.165) is 18.6 Å². The number of nitrogens with one attached hydrogen (secondary N) is 1. The van der Waals surface area contributed by atoms with E-state index >= 15 is 0 Å². The smallest absolute Gasteiger partial charge is 0.317 e. The van der Waals surface area contributed by atoms with Crippen molar-refractivity contribution in [1.29, 1.82) is 0 Å². The Morgan fingerprint density at radius 3 is 2.76 bits per heavy atom. The molecule has 0 saturated carbocycles. The van der Waals surface area contributed by atoms with Gasteiger partial charge in [0.25, 0.3) is 0 Å². The molecule has 0 aromatic heterocycles. The first-order chi connectivity index (χ1) is 9.88. The summed E-state index contributed by atoms with van der Waals surface area (Å²) in [6, 6.07) is 2.81. The van der Waals surface area contributed by atoms with Gasteiger partial charge in [0, 0.05) is 13.1 Å². The molecule has 1 fully saturated rings. The number of aliphatic hydroxyl groups excluding tert-OH is 1. The number of carbonyl (C=O) groups is 1. The van der Waals surface area contributed by atoms with Crippen LogP contribution in [0.5, 0.6) is 0 Å². The Bertz CT molecular complexity index is 524. The van der Waals surface area contributed by atoms with Gasteiger partial charge in [-0.1, -0.05) is 13.0 Å². The van der Waals surface area contributed by atoms with Crippen LogP contribution < -0.4 is 5.32 Å². The van der Waals surface area contributed by atoms with Crippen LogP contribution in [0.4, 0.5) is 13.6 Å². The molecule has 0 spiro atoms. The second-order valence-corrected chi connectivity index (χ2v) is 5.62. The first-order valence-electron chi connectivity index (χ1n) is 7.07. The van der Waals surface area contributed by atoms with Crippen LogP contribution >= 0.6 is 0 Å². The molecule has 3 atom stereocenters. The van der Waals surface area contributed by atoms with Gasteiger partial charge in [-0.3, -0.25) is 0 Å². The summed E-state index contributed by atoms with van der Waals surface area (Å²) in [6.45, 7) is 4.52. The lowest BCUT2D eigenvalue weighted by Gasteiger charge is -2.35. The molecule has 0 radical (unpaired) electrons. The molecule has 2 rings (SSSR count). The average Bonchev–Trinajstić information content (AvgIpc) is 2.44. The highest BCUT2D eigenvalue weighted by Crippen LogP contribution is 2.19. The zero-order valence-electron chi connectivity index (χ0n) is 12.1. The van der Waals surface area contributed by atoms with Crippen LogP contribution in [0.2, 0.25) is 0 Å². The van der Waals surface area contributed by atoms with Crippen LogP contribution in [0, 0.1) is 17.6 Å². The van der Waals surface area contributed by atoms with E-state index in [9.17, 15) is 18.7 Å². The number of hydrogen-bond donors (Lipinski definition) is 2. The fraction of sp³-hybridized carbons (Fsp3) is 0.533. The van der Waals surface area contributed by atoms with E-state index in [4.69, 9.17) is 0 Å². The van der Waals surface area contributed by atoms with E-state index in [1.165, 1.54) is 6.07 Å². The number of piperidine rings is 1. The summed E-state index contributed by atoms with van der Waals surface area (Å²) in [5.41, 5.74) is 0.494. The minimum atomic E-state index is -0.934. The van der Waals surface area contributed by atoms with Crippen LogP contribution in [0.1, 0.15) is 31.9 Å². The maximum absolute atomic E-state index is 13.2. The first-order valence-corrected chi connectivity index (χ1v) is 7.07. The summed E-state index contributed by atoms with van der Waals surface area (Å²) in [6.07, 6.45) is 0.219. The third kappa shape index (κ3) is 3.69. The van der Waals surface area contributed by atoms with Crippen LogP contribution in [-0.4, -0.2) is 35.2 Å². The number of amides is 2. The van der Waals surface area contributed by atoms with Gasteiger partial charge in [-0.05, 0) is 37.0 Å². The van der Waals surface area contributed by atoms with Crippen molar-refractivity contribution in [3.8, 4) is 0 Å². The molecule has 2 amide bonds. The lowest BCUT2D eigenvalue weighted by atomic mass is 9.96. The highest BCUT2D eigenvalue weighted by atomic mass is 19.2. The fourth-order valence-corrected chi connectivity index (χ4v) is 2.37. The molecule has 4 nitrogen and oxygen atoms in total. The van der Waals surface area contributed by atoms with Gasteiger partial charge in [-0.25, -0.2) is 13.6 Å². The minimum absolute atomic E-state index is 0.178. The van der Waals surface area contributed by atoms with Crippen LogP contribution in [-0.2, 0) is 0 Å². The van der Waals surface area contributed by atoms with Gasteiger partial charge in [-0.15, -0.1) is 0 Å². The molecule has 1 aliphatic heterocycles. The zero-order valence-corrected chi connectivity index (χ0v) is 12.1. The predicted molar refractivity (Wildman–Crippen MR) is 74.7 cm³/mol. The Balaban J connectivity index is 1.97. The molecular formula is C15H20F2N2O2. The van der Waals surface area contributed by atoms with Gasteiger partial charge in [0.2, 0.25) is 0 Å². The average molecular weight is 298 g/mol. The number of benzene rings is 1. The maximum Gasteiger partial charge on any atom is 0.317 e. The van der Waals surface area contributed by atoms with Gasteiger partial charge in [0.1, 0.15) is 0 Å². The summed E-state index contributed by atoms with van der Waals surface area (Å²) in [5, 5.41) is 12.5. The minimum Gasteiger partial charge on any atom is -0.391 e. The molecule has 116 valence electrons. The van der Waals surface area contributed by atoms with Gasteiger partial charge in [0.15, 0.2) is 11.6 Å². The highest BCUT2D eigenvalue weighted by molar-refractivity contribution is 5.74. The van der Waals surface area contributed by atoms with Crippen molar-refractivity contribution in [2.45, 2.75) is 32.4 Å². The fourth-order valence-electron chi connectivity index (χ4n) is 2.37. The summed E-state index contributed by atoms with van der Waals surface area (Å²) in [7, 11) is 0. The van der Waals surface area contributed by atoms with Crippen molar-refractivity contribution in [2.75, 3.05) is 13.1 Å². The molecule has 1 saturated heterocycles. The monoisotopic (exact) mass is 298 g/mol. The van der Waals surface area contributed by atoms with Gasteiger partial charge < -0.3 is 15.3 Å². The highest BCUT2D eigenvalue weighted by Gasteiger charge is 2.27. The van der Waals surface area contributed by atoms with Crippen molar-refractivity contribution >= 4 is 6.03 Å². The Kier molecular flexibility index (Phi) is 4.77. The Morgan fingerprint density at radius 1 is 1.43 bits per heavy atom. The standard InChI is InChI=1S/C15H20F2N2O2/c1-9-5-6-19(8-14(9)20)15(21)18-10(2)11-3-4-12(16)13(17)7-11/h3-4,7,9-10,14,20H,5-6,8H2,1-2H3,(H,18,21). The SMILES string of the molecule is CC(NC(=O)N1CCC(C)C(O)C1)c1ccc(F)c(F)c1. The molecule has 3 unspecified atom stereocenters. The Hall–Kier alpha value is -1.69. The summed E-state index contributed by atoms with van der Waals surface area (Å²) >= 11 is 0. The number of β-amino-alcohol motifs (C(OH)–C–C–N with tert-alkyl or cyclic N) is 1. The molecule has 1 aliphatic rings. The van der Waals surface area contributed by atoms with E-state index in [-0.39, 0.29) is 18.5 Å².